The lowest BCUT2D eigenvalue weighted by atomic mass is 9.76. The Hall–Kier alpha value is -2.32. The molecule has 0 unspecified atom stereocenters. The number of carbonyl (C=O) groups excluding carboxylic acids is 1. The second-order valence-electron chi connectivity index (χ2n) is 10.7. The molecule has 3 N–H and O–H groups in total. The van der Waals surface area contributed by atoms with Crippen molar-refractivity contribution < 1.29 is 24.2 Å². The van der Waals surface area contributed by atoms with E-state index in [1.54, 1.807) is 0 Å². The number of nitrogens with two attached hydrogens (primary N) is 1. The third-order valence-electron chi connectivity index (χ3n) is 7.42. The Morgan fingerprint density at radius 1 is 1.17 bits per heavy atom. The molecule has 8 heteroatoms. The first kappa shape index (κ1) is 27.3. The molecule has 0 spiro atoms. The average molecular weight is 490 g/mol. The lowest BCUT2D eigenvalue weighted by Gasteiger charge is -2.35. The van der Waals surface area contributed by atoms with Crippen molar-refractivity contribution in [2.75, 3.05) is 39.5 Å². The van der Waals surface area contributed by atoms with Gasteiger partial charge in [-0.2, -0.15) is 0 Å². The summed E-state index contributed by atoms with van der Waals surface area (Å²) in [6, 6.07) is 5.47. The van der Waals surface area contributed by atoms with Crippen LogP contribution < -0.4 is 15.2 Å². The highest BCUT2D eigenvalue weighted by atomic mass is 16.7. The van der Waals surface area contributed by atoms with E-state index in [0.717, 1.165) is 37.7 Å². The standard InChI is InChI=1S/C27H43N3O5/c1-5-7-12-29(13-11-28)24(31)17-30-16-20(19-8-9-22-23(14-19)35-18-34-22)25(26(32)33)21(30)15-27(3,4)10-6-2/h8-9,14,20-21,25H,5-7,10-13,15-18,28H2,1-4H3,(H,32,33)/t20-,21+,25-/m1/s1. The predicted octanol–water partition coefficient (Wildman–Crippen LogP) is 3.69. The maximum Gasteiger partial charge on any atom is 0.308 e. The highest BCUT2D eigenvalue weighted by Crippen LogP contribution is 2.45. The number of likely N-dealkylation sites (tertiary alicyclic amines) is 1. The first-order chi connectivity index (χ1) is 16.7. The molecule has 1 saturated heterocycles. The highest BCUT2D eigenvalue weighted by Gasteiger charge is 2.48. The van der Waals surface area contributed by atoms with Crippen LogP contribution in [0.15, 0.2) is 18.2 Å². The Labute approximate surface area is 209 Å². The van der Waals surface area contributed by atoms with Gasteiger partial charge in [0, 0.05) is 38.1 Å². The van der Waals surface area contributed by atoms with Crippen molar-refractivity contribution in [1.82, 2.24) is 9.80 Å². The van der Waals surface area contributed by atoms with E-state index in [-0.39, 0.29) is 36.6 Å². The number of rotatable bonds is 13. The van der Waals surface area contributed by atoms with Gasteiger partial charge in [-0.1, -0.05) is 46.6 Å². The Bertz CT molecular complexity index is 874. The zero-order valence-corrected chi connectivity index (χ0v) is 21.8. The van der Waals surface area contributed by atoms with Gasteiger partial charge < -0.3 is 25.2 Å². The molecule has 8 nitrogen and oxygen atoms in total. The molecule has 0 aliphatic carbocycles. The van der Waals surface area contributed by atoms with Gasteiger partial charge in [-0.25, -0.2) is 0 Å². The van der Waals surface area contributed by atoms with Crippen LogP contribution in [0.5, 0.6) is 11.5 Å². The Kier molecular flexibility index (Phi) is 9.41. The van der Waals surface area contributed by atoms with Crippen LogP contribution in [0.2, 0.25) is 0 Å². The molecule has 3 atom stereocenters. The van der Waals surface area contributed by atoms with Crippen molar-refractivity contribution in [3.63, 3.8) is 0 Å². The molecular weight excluding hydrogens is 446 g/mol. The molecular formula is C27H43N3O5. The van der Waals surface area contributed by atoms with Gasteiger partial charge in [0.1, 0.15) is 0 Å². The van der Waals surface area contributed by atoms with Gasteiger partial charge in [0.25, 0.3) is 0 Å². The number of carboxylic acid groups (broad SMARTS) is 1. The Balaban J connectivity index is 1.91. The zero-order valence-electron chi connectivity index (χ0n) is 21.8. The molecule has 1 aromatic rings. The van der Waals surface area contributed by atoms with Crippen LogP contribution in [0, 0.1) is 11.3 Å². The molecule has 1 amide bonds. The van der Waals surface area contributed by atoms with Crippen LogP contribution in [0.1, 0.15) is 71.3 Å². The van der Waals surface area contributed by atoms with Crippen molar-refractivity contribution in [2.24, 2.45) is 17.1 Å². The normalized spacial score (nSPS) is 21.9. The molecule has 196 valence electrons. The predicted molar refractivity (Wildman–Crippen MR) is 136 cm³/mol. The van der Waals surface area contributed by atoms with Crippen molar-refractivity contribution in [1.29, 1.82) is 0 Å². The molecule has 2 heterocycles. The Morgan fingerprint density at radius 3 is 2.57 bits per heavy atom. The van der Waals surface area contributed by atoms with E-state index in [1.807, 2.05) is 23.1 Å². The van der Waals surface area contributed by atoms with Crippen molar-refractivity contribution in [2.45, 2.75) is 71.8 Å². The summed E-state index contributed by atoms with van der Waals surface area (Å²) in [5.41, 5.74) is 6.67. The van der Waals surface area contributed by atoms with E-state index in [2.05, 4.69) is 32.6 Å². The van der Waals surface area contributed by atoms with Crippen LogP contribution >= 0.6 is 0 Å². The minimum atomic E-state index is -0.815. The fourth-order valence-electron chi connectivity index (χ4n) is 5.71. The minimum Gasteiger partial charge on any atom is -0.481 e. The van der Waals surface area contributed by atoms with Gasteiger partial charge >= 0.3 is 5.97 Å². The number of aliphatic carboxylic acids is 1. The number of carbonyl (C=O) groups is 2. The molecule has 1 fully saturated rings. The molecule has 35 heavy (non-hydrogen) atoms. The number of carboxylic acids is 1. The van der Waals surface area contributed by atoms with E-state index < -0.39 is 11.9 Å². The number of amides is 1. The number of hydrogen-bond acceptors (Lipinski definition) is 6. The largest absolute Gasteiger partial charge is 0.481 e. The molecule has 0 saturated carbocycles. The third kappa shape index (κ3) is 6.67. The van der Waals surface area contributed by atoms with E-state index in [0.29, 0.717) is 37.7 Å². The molecule has 0 aromatic heterocycles. The lowest BCUT2D eigenvalue weighted by Crippen LogP contribution is -2.46. The smallest absolute Gasteiger partial charge is 0.308 e. The summed E-state index contributed by atoms with van der Waals surface area (Å²) in [4.78, 5) is 30.0. The second kappa shape index (κ2) is 12.1. The van der Waals surface area contributed by atoms with Crippen molar-refractivity contribution in [3.05, 3.63) is 23.8 Å². The van der Waals surface area contributed by atoms with Crippen LogP contribution in [0.4, 0.5) is 0 Å². The fourth-order valence-corrected chi connectivity index (χ4v) is 5.71. The zero-order chi connectivity index (χ0) is 25.6. The number of benzene rings is 1. The summed E-state index contributed by atoms with van der Waals surface area (Å²) in [5, 5.41) is 10.4. The number of unbranched alkanes of at least 4 members (excludes halogenated alkanes) is 1. The van der Waals surface area contributed by atoms with Crippen LogP contribution in [-0.4, -0.2) is 72.3 Å². The molecule has 0 bridgehead atoms. The highest BCUT2D eigenvalue weighted by molar-refractivity contribution is 5.79. The summed E-state index contributed by atoms with van der Waals surface area (Å²) in [6.45, 7) is 11.2. The van der Waals surface area contributed by atoms with Crippen LogP contribution in [0.3, 0.4) is 0 Å². The summed E-state index contributed by atoms with van der Waals surface area (Å²) in [7, 11) is 0. The van der Waals surface area contributed by atoms with E-state index in [1.165, 1.54) is 0 Å². The molecule has 3 rings (SSSR count). The van der Waals surface area contributed by atoms with E-state index in [4.69, 9.17) is 15.2 Å². The van der Waals surface area contributed by atoms with Gasteiger partial charge in [0.2, 0.25) is 12.7 Å². The van der Waals surface area contributed by atoms with E-state index >= 15 is 0 Å². The molecule has 0 radical (unpaired) electrons. The quantitative estimate of drug-likeness (QED) is 0.435. The SMILES string of the molecule is CCCCN(CCN)C(=O)CN1C[C@H](c2ccc3c(c2)OCO3)[C@@H](C(=O)O)[C@@H]1CC(C)(C)CCC. The van der Waals surface area contributed by atoms with Gasteiger partial charge in [0.15, 0.2) is 11.5 Å². The second-order valence-corrected chi connectivity index (χ2v) is 10.7. The minimum absolute atomic E-state index is 0.0256. The van der Waals surface area contributed by atoms with Crippen LogP contribution in [-0.2, 0) is 9.59 Å². The van der Waals surface area contributed by atoms with Crippen molar-refractivity contribution in [3.8, 4) is 11.5 Å². The number of fused-ring (bicyclic) bond motifs is 1. The average Bonchev–Trinajstić information content (AvgIpc) is 3.40. The summed E-state index contributed by atoms with van der Waals surface area (Å²) >= 11 is 0. The van der Waals surface area contributed by atoms with Crippen molar-refractivity contribution >= 4 is 11.9 Å². The third-order valence-corrected chi connectivity index (χ3v) is 7.42. The molecule has 2 aliphatic rings. The number of ether oxygens (including phenoxy) is 2. The fraction of sp³-hybridized carbons (Fsp3) is 0.704. The van der Waals surface area contributed by atoms with Gasteiger partial charge in [-0.05, 0) is 42.4 Å². The monoisotopic (exact) mass is 489 g/mol. The Morgan fingerprint density at radius 2 is 1.91 bits per heavy atom. The number of nitrogens with zero attached hydrogens (tertiary/aromatic N) is 2. The summed E-state index contributed by atoms with van der Waals surface area (Å²) < 4.78 is 11.0. The van der Waals surface area contributed by atoms with Gasteiger partial charge in [-0.15, -0.1) is 0 Å². The van der Waals surface area contributed by atoms with E-state index in [9.17, 15) is 14.7 Å². The number of hydrogen-bond donors (Lipinski definition) is 2. The maximum atomic E-state index is 13.3. The van der Waals surface area contributed by atoms with Gasteiger partial charge in [0.05, 0.1) is 12.5 Å². The molecule has 2 aliphatic heterocycles. The van der Waals surface area contributed by atoms with Crippen LogP contribution in [0.25, 0.3) is 0 Å². The molecule has 1 aromatic carbocycles. The first-order valence-corrected chi connectivity index (χ1v) is 13.0. The summed E-state index contributed by atoms with van der Waals surface area (Å²) in [5.74, 6) is -0.312. The maximum absolute atomic E-state index is 13.3. The first-order valence-electron chi connectivity index (χ1n) is 13.0. The topological polar surface area (TPSA) is 105 Å². The summed E-state index contributed by atoms with van der Waals surface area (Å²) in [6.07, 6.45) is 4.68. The lowest BCUT2D eigenvalue weighted by molar-refractivity contribution is -0.144. The van der Waals surface area contributed by atoms with Gasteiger partial charge in [-0.3, -0.25) is 14.5 Å².